The van der Waals surface area contributed by atoms with Crippen LogP contribution in [0, 0.1) is 0 Å². The van der Waals surface area contributed by atoms with Gasteiger partial charge in [-0.15, -0.1) is 0 Å². The van der Waals surface area contributed by atoms with Crippen molar-refractivity contribution in [3.8, 4) is 0 Å². The highest BCUT2D eigenvalue weighted by atomic mass is 127. The van der Waals surface area contributed by atoms with Gasteiger partial charge in [-0.3, -0.25) is 4.90 Å². The standard InChI is InChI=1S/C17H18N2.HI/c1-3-7-16(8-4-1)13-18-11-12-19(15-18)14-17-9-5-2-6-10-17;/h1-12H,13-15H2;1H. The van der Waals surface area contributed by atoms with Crippen LogP contribution >= 0.6 is 0 Å². The molecule has 1 atom stereocenters. The predicted molar refractivity (Wildman–Crippen MR) is 77.1 cm³/mol. The van der Waals surface area contributed by atoms with Crippen LogP contribution in [0.15, 0.2) is 73.1 Å². The molecule has 2 nitrogen and oxygen atoms in total. The number of benzene rings is 2. The van der Waals surface area contributed by atoms with Gasteiger partial charge in [0.2, 0.25) is 0 Å². The molecule has 2 aromatic carbocycles. The third-order valence-corrected chi connectivity index (χ3v) is 3.43. The summed E-state index contributed by atoms with van der Waals surface area (Å²) in [4.78, 5) is 3.86. The Morgan fingerprint density at radius 3 is 2.10 bits per heavy atom. The minimum absolute atomic E-state index is 0. The molecule has 0 spiro atoms. The van der Waals surface area contributed by atoms with Gasteiger partial charge < -0.3 is 28.9 Å². The molecule has 1 N–H and O–H groups in total. The molecule has 0 bridgehead atoms. The second-order valence-electron chi connectivity index (χ2n) is 5.03. The van der Waals surface area contributed by atoms with E-state index in [0.29, 0.717) is 0 Å². The zero-order valence-corrected chi connectivity index (χ0v) is 13.5. The summed E-state index contributed by atoms with van der Waals surface area (Å²) in [5.74, 6) is 0. The van der Waals surface area contributed by atoms with Gasteiger partial charge in [0.1, 0.15) is 12.7 Å². The summed E-state index contributed by atoms with van der Waals surface area (Å²) in [6.07, 6.45) is 4.47. The van der Waals surface area contributed by atoms with Crippen molar-refractivity contribution in [1.82, 2.24) is 4.90 Å². The summed E-state index contributed by atoms with van der Waals surface area (Å²) in [5.41, 5.74) is 2.76. The van der Waals surface area contributed by atoms with Crippen LogP contribution in [0.25, 0.3) is 0 Å². The lowest BCUT2D eigenvalue weighted by atomic mass is 10.2. The molecule has 0 fully saturated rings. The number of hydrogen-bond acceptors (Lipinski definition) is 1. The van der Waals surface area contributed by atoms with Crippen LogP contribution in [0.5, 0.6) is 0 Å². The second kappa shape index (κ2) is 7.45. The van der Waals surface area contributed by atoms with E-state index in [-0.39, 0.29) is 24.0 Å². The summed E-state index contributed by atoms with van der Waals surface area (Å²) < 4.78 is 0. The molecule has 0 aromatic heterocycles. The maximum absolute atomic E-state index is 2.37. The monoisotopic (exact) mass is 378 g/mol. The molecule has 2 aromatic rings. The Balaban J connectivity index is 0.00000147. The Hall–Kier alpha value is -1.33. The third kappa shape index (κ3) is 4.08. The van der Waals surface area contributed by atoms with E-state index in [0.717, 1.165) is 19.8 Å². The number of quaternary nitrogens is 1. The first-order valence-corrected chi connectivity index (χ1v) is 6.75. The van der Waals surface area contributed by atoms with E-state index in [9.17, 15) is 0 Å². The van der Waals surface area contributed by atoms with Crippen LogP contribution in [0.3, 0.4) is 0 Å². The van der Waals surface area contributed by atoms with Gasteiger partial charge in [-0.25, -0.2) is 0 Å². The fraction of sp³-hybridized carbons (Fsp3) is 0.176. The quantitative estimate of drug-likeness (QED) is 0.673. The van der Waals surface area contributed by atoms with E-state index in [1.165, 1.54) is 16.0 Å². The summed E-state index contributed by atoms with van der Waals surface area (Å²) in [5, 5.41) is 0. The molecule has 0 amide bonds. The first-order chi connectivity index (χ1) is 9.40. The Morgan fingerprint density at radius 2 is 1.45 bits per heavy atom. The number of hydrogen-bond donors (Lipinski definition) is 1. The molecule has 0 saturated carbocycles. The van der Waals surface area contributed by atoms with Crippen molar-refractivity contribution in [3.63, 3.8) is 0 Å². The maximum Gasteiger partial charge on any atom is 0.157 e. The van der Waals surface area contributed by atoms with Gasteiger partial charge in [-0.2, -0.15) is 0 Å². The van der Waals surface area contributed by atoms with Crippen molar-refractivity contribution in [1.29, 1.82) is 0 Å². The number of nitrogens with zero attached hydrogens (tertiary/aromatic N) is 1. The number of nitrogens with one attached hydrogen (secondary N) is 1. The van der Waals surface area contributed by atoms with Crippen LogP contribution in [-0.4, -0.2) is 11.6 Å². The number of halogens is 1. The van der Waals surface area contributed by atoms with Gasteiger partial charge in [0.15, 0.2) is 6.67 Å². The molecule has 1 aliphatic heterocycles. The maximum atomic E-state index is 2.37. The molecular weight excluding hydrogens is 359 g/mol. The zero-order chi connectivity index (χ0) is 12.9. The van der Waals surface area contributed by atoms with Crippen LogP contribution in [0.4, 0.5) is 0 Å². The highest BCUT2D eigenvalue weighted by Crippen LogP contribution is 2.05. The van der Waals surface area contributed by atoms with Crippen LogP contribution in [-0.2, 0) is 13.1 Å². The third-order valence-electron chi connectivity index (χ3n) is 3.43. The van der Waals surface area contributed by atoms with E-state index in [1.54, 1.807) is 0 Å². The van der Waals surface area contributed by atoms with E-state index < -0.39 is 0 Å². The van der Waals surface area contributed by atoms with Crippen LogP contribution in [0.2, 0.25) is 0 Å². The molecule has 0 saturated heterocycles. The van der Waals surface area contributed by atoms with Gasteiger partial charge >= 0.3 is 0 Å². The molecule has 0 aliphatic carbocycles. The van der Waals surface area contributed by atoms with Crippen molar-refractivity contribution in [2.45, 2.75) is 13.1 Å². The first kappa shape index (κ1) is 15.1. The fourth-order valence-electron chi connectivity index (χ4n) is 2.48. The average molecular weight is 378 g/mol. The topological polar surface area (TPSA) is 7.68 Å². The summed E-state index contributed by atoms with van der Waals surface area (Å²) in [6, 6.07) is 21.3. The lowest BCUT2D eigenvalue weighted by molar-refractivity contribution is -0.863. The van der Waals surface area contributed by atoms with E-state index in [1.807, 2.05) is 0 Å². The normalized spacial score (nSPS) is 17.0. The lowest BCUT2D eigenvalue weighted by Gasteiger charge is -2.17. The first-order valence-electron chi connectivity index (χ1n) is 6.75. The van der Waals surface area contributed by atoms with Gasteiger partial charge in [-0.1, -0.05) is 60.7 Å². The molecule has 3 rings (SSSR count). The lowest BCUT2D eigenvalue weighted by Crippen LogP contribution is -3.05. The van der Waals surface area contributed by atoms with Crippen molar-refractivity contribution in [2.75, 3.05) is 6.67 Å². The Kier molecular flexibility index (Phi) is 5.61. The van der Waals surface area contributed by atoms with Crippen molar-refractivity contribution < 1.29 is 28.9 Å². The smallest absolute Gasteiger partial charge is 0.157 e. The summed E-state index contributed by atoms with van der Waals surface area (Å²) in [7, 11) is 0. The predicted octanol–water partition coefficient (Wildman–Crippen LogP) is -0.980. The minimum atomic E-state index is 0. The summed E-state index contributed by atoms with van der Waals surface area (Å²) >= 11 is 0. The molecule has 0 radical (unpaired) electrons. The number of rotatable bonds is 4. The molecule has 1 heterocycles. The zero-order valence-electron chi connectivity index (χ0n) is 11.4. The summed E-state index contributed by atoms with van der Waals surface area (Å²) in [6.45, 7) is 3.10. The minimum Gasteiger partial charge on any atom is -1.00 e. The van der Waals surface area contributed by atoms with E-state index in [4.69, 9.17) is 0 Å². The molecule has 3 heteroatoms. The molecule has 1 aliphatic rings. The van der Waals surface area contributed by atoms with Gasteiger partial charge in [0.25, 0.3) is 0 Å². The highest BCUT2D eigenvalue weighted by molar-refractivity contribution is 5.15. The second-order valence-corrected chi connectivity index (χ2v) is 5.03. The van der Waals surface area contributed by atoms with Crippen molar-refractivity contribution in [2.24, 2.45) is 0 Å². The average Bonchev–Trinajstić information content (AvgIpc) is 2.88. The Bertz CT molecular complexity index is 490. The van der Waals surface area contributed by atoms with E-state index >= 15 is 0 Å². The van der Waals surface area contributed by atoms with Gasteiger partial charge in [-0.05, 0) is 5.56 Å². The van der Waals surface area contributed by atoms with Crippen LogP contribution in [0.1, 0.15) is 11.1 Å². The molecule has 104 valence electrons. The molecule has 1 unspecified atom stereocenters. The van der Waals surface area contributed by atoms with Crippen molar-refractivity contribution >= 4 is 0 Å². The van der Waals surface area contributed by atoms with E-state index in [2.05, 4.69) is 78.0 Å². The Labute approximate surface area is 137 Å². The fourth-order valence-corrected chi connectivity index (χ4v) is 2.48. The Morgan fingerprint density at radius 1 is 0.850 bits per heavy atom. The highest BCUT2D eigenvalue weighted by Gasteiger charge is 2.17. The SMILES string of the molecule is C1=C[NH+](Cc2ccccc2)CN1Cc1ccccc1.[I-]. The van der Waals surface area contributed by atoms with Crippen LogP contribution < -0.4 is 28.9 Å². The molecule has 20 heavy (non-hydrogen) atoms. The van der Waals surface area contributed by atoms with Gasteiger partial charge in [0, 0.05) is 12.1 Å². The van der Waals surface area contributed by atoms with Crippen molar-refractivity contribution in [3.05, 3.63) is 84.2 Å². The largest absolute Gasteiger partial charge is 1.00 e. The molecular formula is C17H19IN2. The van der Waals surface area contributed by atoms with Gasteiger partial charge in [0.05, 0.1) is 6.20 Å².